The molecule has 23 heavy (non-hydrogen) atoms. The third kappa shape index (κ3) is 4340000. The molecule has 23 heteroatoms. The summed E-state index contributed by atoms with van der Waals surface area (Å²) in [4.78, 5) is 0. The van der Waals surface area contributed by atoms with E-state index in [9.17, 15) is 0 Å². The van der Waals surface area contributed by atoms with Gasteiger partial charge in [-0.3, -0.25) is 0 Å². The van der Waals surface area contributed by atoms with Crippen LogP contribution in [0.4, 0.5) is 0 Å². The first-order valence-corrected chi connectivity index (χ1v) is 5.09. The Kier molecular flexibility index (Phi) is 506. The molecule has 0 radical (unpaired) electrons. The van der Waals surface area contributed by atoms with Crippen molar-refractivity contribution in [2.24, 2.45) is 0 Å². The third-order valence-electron chi connectivity index (χ3n) is 0. The van der Waals surface area contributed by atoms with Crippen LogP contribution in [-0.2, 0) is 48.9 Å². The van der Waals surface area contributed by atoms with Crippen LogP contribution in [0.1, 0.15) is 0 Å². The van der Waals surface area contributed by atoms with E-state index >= 15 is 0 Å². The van der Waals surface area contributed by atoms with Crippen LogP contribution in [0.25, 0.3) is 0 Å². The van der Waals surface area contributed by atoms with Crippen molar-refractivity contribution in [3.8, 4) is 0 Å². The molecule has 0 bridgehead atoms. The second kappa shape index (κ2) is 67.3. The molecule has 0 spiro atoms. The van der Waals surface area contributed by atoms with E-state index in [0.29, 0.717) is 0 Å². The number of rotatable bonds is 0. The summed E-state index contributed by atoms with van der Waals surface area (Å²) in [5.74, 6) is 0. The first kappa shape index (κ1) is 173. The van der Waals surface area contributed by atoms with Crippen LogP contribution in [0, 0.1) is 0 Å². The van der Waals surface area contributed by atoms with E-state index in [1.165, 1.54) is 0 Å². The van der Waals surface area contributed by atoms with Crippen LogP contribution in [0.5, 0.6) is 0 Å². The second-order valence-electron chi connectivity index (χ2n) is 0.756. The summed E-state index contributed by atoms with van der Waals surface area (Å²) >= 11 is -11.2. The molecular formula is H24MgMn2O20. The molecule has 0 fully saturated rings. The van der Waals surface area contributed by atoms with Gasteiger partial charge < -0.3 is 65.7 Å². The summed E-state index contributed by atoms with van der Waals surface area (Å²) < 4.78 is 68.6. The van der Waals surface area contributed by atoms with Crippen molar-refractivity contribution in [1.82, 2.24) is 0 Å². The molecule has 0 aliphatic rings. The molecule has 0 unspecified atom stereocenters. The molecule has 0 aliphatic heterocycles. The molecule has 20 nitrogen and oxygen atoms in total. The Hall–Kier alpha value is 0.0452. The zero-order chi connectivity index (χ0) is 9.00. The fourth-order valence-corrected chi connectivity index (χ4v) is 0. The fourth-order valence-electron chi connectivity index (χ4n) is 0. The Bertz CT molecular complexity index is 300. The third-order valence-corrected chi connectivity index (χ3v) is 0. The molecule has 0 heterocycles. The number of hydrogen-bond donors (Lipinski definition) is 0. The predicted octanol–water partition coefficient (Wildman–Crippen LogP) is -13.4. The van der Waals surface area contributed by atoms with Crippen molar-refractivity contribution in [1.29, 1.82) is 0 Å². The van der Waals surface area contributed by atoms with Gasteiger partial charge in [-0.2, -0.15) is 0 Å². The Morgan fingerprint density at radius 1 is 0.348 bits per heavy atom. The van der Waals surface area contributed by atoms with E-state index in [0.717, 1.165) is 0 Å². The average molecular weight is 478 g/mol. The summed E-state index contributed by atoms with van der Waals surface area (Å²) in [5, 5.41) is 0. The Morgan fingerprint density at radius 3 is 0.348 bits per heavy atom. The summed E-state index contributed by atoms with van der Waals surface area (Å²) in [7, 11) is 0. The van der Waals surface area contributed by atoms with Gasteiger partial charge >= 0.3 is 80.4 Å². The molecule has 0 aromatic rings. The topological polar surface area (TPSA) is 527 Å². The summed E-state index contributed by atoms with van der Waals surface area (Å²) in [6.07, 6.45) is 0. The van der Waals surface area contributed by atoms with E-state index < -0.39 is 25.9 Å². The SMILES string of the molecule is O.O.O.O.O.O.O.O.O.O.O.O.[Mg+2].[O]=[Mn](=[O])(=[O])[O-].[O]=[Mn](=[O])(=[O])[O-]. The monoisotopic (exact) mass is 478 g/mol. The quantitative estimate of drug-likeness (QED) is 0.300. The van der Waals surface area contributed by atoms with Gasteiger partial charge in [0.25, 0.3) is 0 Å². The van der Waals surface area contributed by atoms with Crippen LogP contribution in [0.3, 0.4) is 0 Å². The van der Waals surface area contributed by atoms with Crippen molar-refractivity contribution >= 4 is 23.1 Å². The Balaban J connectivity index is -0.00000000274. The van der Waals surface area contributed by atoms with Crippen molar-refractivity contribution in [2.75, 3.05) is 0 Å². The molecule has 0 amide bonds. The van der Waals surface area contributed by atoms with Gasteiger partial charge in [0.15, 0.2) is 0 Å². The van der Waals surface area contributed by atoms with E-state index in [2.05, 4.69) is 0 Å². The molecule has 0 saturated heterocycles. The van der Waals surface area contributed by atoms with Gasteiger partial charge in [0.05, 0.1) is 0 Å². The molecule has 0 atom stereocenters. The van der Waals surface area contributed by atoms with Crippen molar-refractivity contribution in [2.45, 2.75) is 0 Å². The van der Waals surface area contributed by atoms with Crippen LogP contribution < -0.4 is 8.38 Å². The predicted molar refractivity (Wildman–Crippen MR) is 53.2 cm³/mol. The maximum atomic E-state index is 8.58. The Labute approximate surface area is 146 Å². The average Bonchev–Trinajstić information content (AvgIpc) is 1.12. The van der Waals surface area contributed by atoms with Crippen LogP contribution in [-0.4, -0.2) is 88.8 Å². The second-order valence-corrected chi connectivity index (χ2v) is 3.12. The van der Waals surface area contributed by atoms with Gasteiger partial charge in [-0.25, -0.2) is 0 Å². The summed E-state index contributed by atoms with van der Waals surface area (Å²) in [6.45, 7) is 0. The number of hydrogen-bond acceptors (Lipinski definition) is 8. The van der Waals surface area contributed by atoms with Gasteiger partial charge in [-0.15, -0.1) is 0 Å². The zero-order valence-electron chi connectivity index (χ0n) is 10.7. The molecule has 24 N–H and O–H groups in total. The first-order chi connectivity index (χ1) is 4.00. The minimum absolute atomic E-state index is 0. The molecule has 0 aliphatic carbocycles. The zero-order valence-corrected chi connectivity index (χ0v) is 14.5. The minimum atomic E-state index is -5.62. The molecule has 160 valence electrons. The van der Waals surface area contributed by atoms with Crippen LogP contribution in [0.15, 0.2) is 0 Å². The van der Waals surface area contributed by atoms with Gasteiger partial charge in [0, 0.05) is 0 Å². The van der Waals surface area contributed by atoms with E-state index in [1.54, 1.807) is 0 Å². The van der Waals surface area contributed by atoms with E-state index in [4.69, 9.17) is 31.4 Å². The fraction of sp³-hybridized carbons (Fsp3) is 0. The van der Waals surface area contributed by atoms with Crippen molar-refractivity contribution in [3.05, 3.63) is 0 Å². The van der Waals surface area contributed by atoms with Crippen LogP contribution in [0.2, 0.25) is 0 Å². The van der Waals surface area contributed by atoms with Crippen molar-refractivity contribution in [3.63, 3.8) is 0 Å². The van der Waals surface area contributed by atoms with Gasteiger partial charge in [-0.05, 0) is 0 Å². The Morgan fingerprint density at radius 2 is 0.348 bits per heavy atom. The van der Waals surface area contributed by atoms with E-state index in [1.807, 2.05) is 0 Å². The van der Waals surface area contributed by atoms with Crippen molar-refractivity contribution < 1.29 is 123 Å². The molecular weight excluding hydrogens is 454 g/mol. The summed E-state index contributed by atoms with van der Waals surface area (Å²) in [6, 6.07) is 0. The standard InChI is InChI=1S/Mg.2Mn.12H2O.8O/h;;;12*1H2;;;;;;;;/q+2;;;;;;;;;;;;;;;;;;;;;2*-1. The van der Waals surface area contributed by atoms with Crippen LogP contribution >= 0.6 is 0 Å². The molecule has 0 saturated carbocycles. The molecule has 0 aromatic carbocycles. The van der Waals surface area contributed by atoms with Gasteiger partial charge in [0.1, 0.15) is 0 Å². The van der Waals surface area contributed by atoms with Gasteiger partial charge in [0.2, 0.25) is 0 Å². The van der Waals surface area contributed by atoms with Gasteiger partial charge in [-0.1, -0.05) is 0 Å². The molecule has 0 rings (SSSR count). The van der Waals surface area contributed by atoms with E-state index in [-0.39, 0.29) is 88.8 Å². The first-order valence-electron chi connectivity index (χ1n) is 1.23. The summed E-state index contributed by atoms with van der Waals surface area (Å²) in [5.41, 5.74) is 0. The maximum absolute atomic E-state index is 8.58. The normalized spacial score (nSPS) is 4.96. The molecule has 0 aromatic heterocycles.